The zero-order valence-corrected chi connectivity index (χ0v) is 15.5. The number of hydrazone groups is 1. The summed E-state index contributed by atoms with van der Waals surface area (Å²) in [5.41, 5.74) is 3.44. The number of rotatable bonds is 7. The maximum Gasteiger partial charge on any atom is 0.340 e. The number of nitrogens with two attached hydrogens (primary N) is 1. The van der Waals surface area contributed by atoms with Gasteiger partial charge in [-0.15, -0.1) is 0 Å². The molecule has 31 heavy (non-hydrogen) atoms. The number of halogens is 2. The minimum atomic E-state index is -1.41. The minimum Gasteiger partial charge on any atom is -0.478 e. The van der Waals surface area contributed by atoms with Crippen molar-refractivity contribution in [3.05, 3.63) is 59.2 Å². The van der Waals surface area contributed by atoms with Crippen molar-refractivity contribution in [3.8, 4) is 0 Å². The molecule has 0 radical (unpaired) electrons. The zero-order chi connectivity index (χ0) is 23.8. The Bertz CT molecular complexity index is 962. The number of carboxylic acids is 2. The molecule has 0 aliphatic heterocycles. The van der Waals surface area contributed by atoms with Gasteiger partial charge in [0, 0.05) is 0 Å². The second kappa shape index (κ2) is 14.5. The molecule has 0 saturated carbocycles. The van der Waals surface area contributed by atoms with E-state index in [-0.39, 0.29) is 23.9 Å². The number of hydrazine groups is 1. The predicted molar refractivity (Wildman–Crippen MR) is 105 cm³/mol. The Balaban J connectivity index is 0.000000504. The zero-order valence-electron chi connectivity index (χ0n) is 15.5. The molecule has 0 spiro atoms. The lowest BCUT2D eigenvalue weighted by Gasteiger charge is -2.04. The minimum absolute atomic E-state index is 0.0133. The Hall–Kier alpha value is -4.52. The molecule has 11 nitrogen and oxygen atoms in total. The predicted octanol–water partition coefficient (Wildman–Crippen LogP) is 1.31. The van der Waals surface area contributed by atoms with Gasteiger partial charge in [-0.05, 0) is 24.3 Å². The maximum absolute atomic E-state index is 13.1. The van der Waals surface area contributed by atoms with Gasteiger partial charge in [0.25, 0.3) is 0 Å². The number of hydrogen-bond donors (Lipinski definition) is 5. The molecule has 0 bridgehead atoms. The van der Waals surface area contributed by atoms with Crippen molar-refractivity contribution in [3.63, 3.8) is 0 Å². The van der Waals surface area contributed by atoms with Gasteiger partial charge in [0.05, 0.1) is 17.6 Å². The van der Waals surface area contributed by atoms with Crippen LogP contribution in [0.1, 0.15) is 20.7 Å². The molecule has 0 amide bonds. The molecule has 0 fully saturated rings. The van der Waals surface area contributed by atoms with Crippen LogP contribution in [0.25, 0.3) is 0 Å². The van der Waals surface area contributed by atoms with Crippen LogP contribution in [0.3, 0.4) is 0 Å². The molecule has 0 atom stereocenters. The van der Waals surface area contributed by atoms with E-state index in [1.807, 2.05) is 0 Å². The highest BCUT2D eigenvalue weighted by Crippen LogP contribution is 2.19. The van der Waals surface area contributed by atoms with Crippen molar-refractivity contribution in [1.82, 2.24) is 0 Å². The Morgan fingerprint density at radius 1 is 0.839 bits per heavy atom. The Morgan fingerprint density at radius 2 is 1.29 bits per heavy atom. The monoisotopic (exact) mass is 438 g/mol. The van der Waals surface area contributed by atoms with Gasteiger partial charge in [-0.2, -0.15) is 5.10 Å². The number of aromatic carboxylic acids is 2. The molecule has 13 heteroatoms. The maximum atomic E-state index is 13.1. The van der Waals surface area contributed by atoms with Crippen molar-refractivity contribution in [2.24, 2.45) is 10.9 Å². The largest absolute Gasteiger partial charge is 0.478 e. The van der Waals surface area contributed by atoms with Crippen LogP contribution in [-0.4, -0.2) is 47.2 Å². The highest BCUT2D eigenvalue weighted by atomic mass is 19.1. The summed E-state index contributed by atoms with van der Waals surface area (Å²) in [5, 5.41) is 20.6. The fourth-order valence-electron chi connectivity index (χ4n) is 1.83. The highest BCUT2D eigenvalue weighted by Gasteiger charge is 2.15. The van der Waals surface area contributed by atoms with Gasteiger partial charge >= 0.3 is 11.9 Å². The van der Waals surface area contributed by atoms with Crippen molar-refractivity contribution < 1.29 is 43.0 Å². The Kier molecular flexibility index (Phi) is 12.4. The lowest BCUT2D eigenvalue weighted by atomic mass is 10.2. The number of nitrogens with zero attached hydrogens (tertiary/aromatic N) is 1. The van der Waals surface area contributed by atoms with Crippen molar-refractivity contribution in [2.75, 3.05) is 10.9 Å². The fourth-order valence-corrected chi connectivity index (χ4v) is 1.83. The number of hydrogen-bond acceptors (Lipinski definition) is 9. The summed E-state index contributed by atoms with van der Waals surface area (Å²) in [6.45, 7) is 0. The van der Waals surface area contributed by atoms with Crippen LogP contribution in [-0.2, 0) is 14.4 Å². The van der Waals surface area contributed by atoms with Crippen LogP contribution in [0.2, 0.25) is 0 Å². The molecule has 2 rings (SSSR count). The quantitative estimate of drug-likeness (QED) is 0.139. The van der Waals surface area contributed by atoms with E-state index in [1.54, 1.807) is 0 Å². The van der Waals surface area contributed by atoms with Crippen LogP contribution in [0, 0.1) is 11.6 Å². The van der Waals surface area contributed by atoms with E-state index in [0.717, 1.165) is 18.3 Å². The number of benzene rings is 2. The first-order chi connectivity index (χ1) is 14.7. The van der Waals surface area contributed by atoms with E-state index >= 15 is 0 Å². The van der Waals surface area contributed by atoms with E-state index in [9.17, 15) is 23.2 Å². The van der Waals surface area contributed by atoms with Gasteiger partial charge in [0.1, 0.15) is 22.8 Å². The SMILES string of the molecule is NNc1cccc(F)c1C(=O)O.O=C/C=N/Nc1cccc(F)c1C(=O)O.O=CC=O. The summed E-state index contributed by atoms with van der Waals surface area (Å²) in [7, 11) is 0. The van der Waals surface area contributed by atoms with E-state index in [4.69, 9.17) is 25.6 Å². The van der Waals surface area contributed by atoms with Crippen molar-refractivity contribution >= 4 is 48.4 Å². The van der Waals surface area contributed by atoms with E-state index in [1.165, 1.54) is 24.3 Å². The normalized spacial score (nSPS) is 9.26. The van der Waals surface area contributed by atoms with Gasteiger partial charge in [0.2, 0.25) is 0 Å². The van der Waals surface area contributed by atoms with Crippen molar-refractivity contribution in [2.45, 2.75) is 0 Å². The summed E-state index contributed by atoms with van der Waals surface area (Å²) in [5.74, 6) is 0.551. The molecule has 2 aromatic rings. The summed E-state index contributed by atoms with van der Waals surface area (Å²) >= 11 is 0. The summed E-state index contributed by atoms with van der Waals surface area (Å²) in [6.07, 6.45) is 1.68. The van der Waals surface area contributed by atoms with Gasteiger partial charge in [-0.25, -0.2) is 18.4 Å². The smallest absolute Gasteiger partial charge is 0.340 e. The van der Waals surface area contributed by atoms with Crippen LogP contribution in [0.4, 0.5) is 20.2 Å². The third-order valence-corrected chi connectivity index (χ3v) is 2.99. The average Bonchev–Trinajstić information content (AvgIpc) is 2.73. The standard InChI is InChI=1S/C9H7FN2O3.C7H7FN2O2.C2H2O2/c10-6-2-1-3-7(8(6)9(14)15)12-11-4-5-13;8-4-2-1-3-5(10-9)6(4)7(11)12;3-1-2-4/h1-5,12H,(H,14,15);1-3,10H,9H2,(H,11,12);1-2H/b11-4+;;. The number of anilines is 2. The third kappa shape index (κ3) is 9.01. The molecule has 0 unspecified atom stereocenters. The molecule has 0 aromatic heterocycles. The van der Waals surface area contributed by atoms with E-state index in [0.29, 0.717) is 6.29 Å². The number of carbonyl (C=O) groups excluding carboxylic acids is 3. The van der Waals surface area contributed by atoms with Gasteiger partial charge in [-0.3, -0.25) is 25.7 Å². The van der Waals surface area contributed by atoms with E-state index < -0.39 is 34.7 Å². The molecular weight excluding hydrogens is 422 g/mol. The topological polar surface area (TPSA) is 188 Å². The first-order valence-corrected chi connectivity index (χ1v) is 7.87. The number of carbonyl (C=O) groups is 5. The van der Waals surface area contributed by atoms with Gasteiger partial charge in [0.15, 0.2) is 18.9 Å². The number of carboxylic acid groups (broad SMARTS) is 2. The molecular formula is C18H16F2N4O7. The molecule has 0 aliphatic rings. The number of nitrogen functional groups attached to an aromatic ring is 1. The van der Waals surface area contributed by atoms with Crippen LogP contribution < -0.4 is 16.7 Å². The molecule has 0 saturated heterocycles. The molecule has 0 aliphatic carbocycles. The number of aldehydes is 3. The fraction of sp³-hybridized carbons (Fsp3) is 0. The highest BCUT2D eigenvalue weighted by molar-refractivity contribution is 6.13. The molecule has 6 N–H and O–H groups in total. The molecule has 164 valence electrons. The van der Waals surface area contributed by atoms with Crippen LogP contribution >= 0.6 is 0 Å². The van der Waals surface area contributed by atoms with Gasteiger partial charge < -0.3 is 15.6 Å². The summed E-state index contributed by atoms with van der Waals surface area (Å²) in [6, 6.07) is 7.51. The number of nitrogens with one attached hydrogen (secondary N) is 2. The Labute approximate surface area is 173 Å². The lowest BCUT2D eigenvalue weighted by Crippen LogP contribution is -2.13. The summed E-state index contributed by atoms with van der Waals surface area (Å²) < 4.78 is 25.9. The molecule has 2 aromatic carbocycles. The summed E-state index contributed by atoms with van der Waals surface area (Å²) in [4.78, 5) is 48.7. The Morgan fingerprint density at radius 3 is 1.65 bits per heavy atom. The van der Waals surface area contributed by atoms with Gasteiger partial charge in [-0.1, -0.05) is 12.1 Å². The second-order valence-corrected chi connectivity index (χ2v) is 4.88. The van der Waals surface area contributed by atoms with Crippen LogP contribution in [0.5, 0.6) is 0 Å². The third-order valence-electron chi connectivity index (χ3n) is 2.99. The average molecular weight is 438 g/mol. The lowest BCUT2D eigenvalue weighted by molar-refractivity contribution is -0.122. The first-order valence-electron chi connectivity index (χ1n) is 7.87. The van der Waals surface area contributed by atoms with Crippen molar-refractivity contribution in [1.29, 1.82) is 0 Å². The van der Waals surface area contributed by atoms with Crippen LogP contribution in [0.15, 0.2) is 41.5 Å². The molecule has 0 heterocycles. The first kappa shape index (κ1) is 26.5. The van der Waals surface area contributed by atoms with E-state index in [2.05, 4.69) is 16.0 Å². The second-order valence-electron chi connectivity index (χ2n) is 4.88.